The first-order valence-corrected chi connectivity index (χ1v) is 5.53. The van der Waals surface area contributed by atoms with E-state index in [-0.39, 0.29) is 5.56 Å². The van der Waals surface area contributed by atoms with Gasteiger partial charge in [-0.2, -0.15) is 5.10 Å². The highest BCUT2D eigenvalue weighted by atomic mass is 16.4. The number of aryl methyl sites for hydroxylation is 1. The van der Waals surface area contributed by atoms with Crippen LogP contribution < -0.4 is 0 Å². The van der Waals surface area contributed by atoms with Crippen molar-refractivity contribution >= 4 is 16.9 Å². The third-order valence-corrected chi connectivity index (χ3v) is 3.01. The number of rotatable bonds is 2. The van der Waals surface area contributed by atoms with Crippen LogP contribution in [0.25, 0.3) is 22.2 Å². The molecule has 5 heteroatoms. The molecule has 18 heavy (non-hydrogen) atoms. The number of nitrogens with one attached hydrogen (secondary N) is 2. The van der Waals surface area contributed by atoms with Crippen molar-refractivity contribution < 1.29 is 9.90 Å². The summed E-state index contributed by atoms with van der Waals surface area (Å²) in [6.45, 7) is 1.70. The van der Waals surface area contributed by atoms with Crippen molar-refractivity contribution in [2.24, 2.45) is 0 Å². The Morgan fingerprint density at radius 2 is 2.11 bits per heavy atom. The summed E-state index contributed by atoms with van der Waals surface area (Å²) >= 11 is 0. The second-order valence-electron chi connectivity index (χ2n) is 4.13. The summed E-state index contributed by atoms with van der Waals surface area (Å²) in [5.41, 5.74) is 3.01. The molecule has 2 heterocycles. The van der Waals surface area contributed by atoms with Gasteiger partial charge in [0, 0.05) is 28.4 Å². The minimum absolute atomic E-state index is 0.222. The molecule has 0 spiro atoms. The zero-order valence-electron chi connectivity index (χ0n) is 9.69. The molecule has 0 radical (unpaired) electrons. The Balaban J connectivity index is 2.30. The van der Waals surface area contributed by atoms with Gasteiger partial charge >= 0.3 is 5.97 Å². The summed E-state index contributed by atoms with van der Waals surface area (Å²) in [5, 5.41) is 17.0. The fourth-order valence-electron chi connectivity index (χ4n) is 2.15. The third kappa shape index (κ3) is 1.41. The summed E-state index contributed by atoms with van der Waals surface area (Å²) < 4.78 is 0. The number of aromatic nitrogens is 3. The Kier molecular flexibility index (Phi) is 2.19. The minimum atomic E-state index is -0.971. The SMILES string of the molecule is Cc1[nH]nc(-c2c[nH]c3ccccc23)c1C(=O)O. The number of carboxylic acids is 1. The predicted octanol–water partition coefficient (Wildman–Crippen LogP) is 2.56. The number of benzene rings is 1. The monoisotopic (exact) mass is 241 g/mol. The summed E-state index contributed by atoms with van der Waals surface area (Å²) in [4.78, 5) is 14.4. The van der Waals surface area contributed by atoms with Crippen molar-refractivity contribution in [3.8, 4) is 11.3 Å². The van der Waals surface area contributed by atoms with Crippen molar-refractivity contribution in [3.63, 3.8) is 0 Å². The van der Waals surface area contributed by atoms with Crippen LogP contribution in [0.1, 0.15) is 16.1 Å². The van der Waals surface area contributed by atoms with Gasteiger partial charge < -0.3 is 10.1 Å². The van der Waals surface area contributed by atoms with Gasteiger partial charge in [0.05, 0.1) is 0 Å². The van der Waals surface area contributed by atoms with Crippen LogP contribution in [0.4, 0.5) is 0 Å². The molecule has 0 saturated heterocycles. The molecule has 0 aliphatic heterocycles. The molecule has 3 aromatic rings. The summed E-state index contributed by atoms with van der Waals surface area (Å²) in [6.07, 6.45) is 1.78. The fourth-order valence-corrected chi connectivity index (χ4v) is 2.15. The molecule has 0 atom stereocenters. The molecule has 1 aromatic carbocycles. The maximum Gasteiger partial charge on any atom is 0.339 e. The van der Waals surface area contributed by atoms with Gasteiger partial charge in [0.2, 0.25) is 0 Å². The first kappa shape index (κ1) is 10.6. The summed E-state index contributed by atoms with van der Waals surface area (Å²) in [6, 6.07) is 7.73. The number of fused-ring (bicyclic) bond motifs is 1. The maximum absolute atomic E-state index is 11.3. The zero-order valence-corrected chi connectivity index (χ0v) is 9.69. The molecule has 5 nitrogen and oxygen atoms in total. The third-order valence-electron chi connectivity index (χ3n) is 3.01. The highest BCUT2D eigenvalue weighted by Gasteiger charge is 2.20. The van der Waals surface area contributed by atoms with Crippen LogP contribution in [-0.4, -0.2) is 26.3 Å². The van der Waals surface area contributed by atoms with Gasteiger partial charge in [-0.05, 0) is 13.0 Å². The second kappa shape index (κ2) is 3.73. The van der Waals surface area contributed by atoms with E-state index in [1.807, 2.05) is 24.3 Å². The molecule has 3 N–H and O–H groups in total. The molecule has 0 bridgehead atoms. The van der Waals surface area contributed by atoms with Crippen LogP contribution in [0, 0.1) is 6.92 Å². The van der Waals surface area contributed by atoms with Crippen molar-refractivity contribution in [1.82, 2.24) is 15.2 Å². The molecular formula is C13H11N3O2. The van der Waals surface area contributed by atoms with E-state index >= 15 is 0 Å². The molecule has 0 aliphatic carbocycles. The molecule has 0 fully saturated rings. The normalized spacial score (nSPS) is 10.9. The average Bonchev–Trinajstić information content (AvgIpc) is 2.92. The minimum Gasteiger partial charge on any atom is -0.478 e. The van der Waals surface area contributed by atoms with E-state index in [1.165, 1.54) is 0 Å². The van der Waals surface area contributed by atoms with Gasteiger partial charge in [0.25, 0.3) is 0 Å². The van der Waals surface area contributed by atoms with E-state index < -0.39 is 5.97 Å². The van der Waals surface area contributed by atoms with Crippen LogP contribution in [-0.2, 0) is 0 Å². The van der Waals surface area contributed by atoms with Crippen LogP contribution in [0.2, 0.25) is 0 Å². The lowest BCUT2D eigenvalue weighted by molar-refractivity contribution is 0.0697. The number of hydrogen-bond acceptors (Lipinski definition) is 2. The molecule has 0 amide bonds. The quantitative estimate of drug-likeness (QED) is 0.644. The number of aromatic amines is 2. The van der Waals surface area contributed by atoms with Crippen LogP contribution >= 0.6 is 0 Å². The summed E-state index contributed by atoms with van der Waals surface area (Å²) in [5.74, 6) is -0.971. The Morgan fingerprint density at radius 1 is 1.33 bits per heavy atom. The van der Waals surface area contributed by atoms with E-state index in [2.05, 4.69) is 15.2 Å². The topological polar surface area (TPSA) is 81.8 Å². The fraction of sp³-hybridized carbons (Fsp3) is 0.0769. The Bertz CT molecular complexity index is 740. The average molecular weight is 241 g/mol. The highest BCUT2D eigenvalue weighted by molar-refractivity contribution is 6.02. The molecule has 0 unspecified atom stereocenters. The molecular weight excluding hydrogens is 230 g/mol. The second-order valence-corrected chi connectivity index (χ2v) is 4.13. The van der Waals surface area contributed by atoms with Crippen molar-refractivity contribution in [2.75, 3.05) is 0 Å². The van der Waals surface area contributed by atoms with E-state index in [0.29, 0.717) is 11.4 Å². The van der Waals surface area contributed by atoms with E-state index in [4.69, 9.17) is 0 Å². The van der Waals surface area contributed by atoms with Crippen LogP contribution in [0.3, 0.4) is 0 Å². The zero-order chi connectivity index (χ0) is 12.7. The molecule has 3 rings (SSSR count). The number of aromatic carboxylic acids is 1. The van der Waals surface area contributed by atoms with Crippen molar-refractivity contribution in [2.45, 2.75) is 6.92 Å². The summed E-state index contributed by atoms with van der Waals surface area (Å²) in [7, 11) is 0. The molecule has 0 saturated carbocycles. The number of carbonyl (C=O) groups is 1. The maximum atomic E-state index is 11.3. The lowest BCUT2D eigenvalue weighted by atomic mass is 10.1. The molecule has 0 aliphatic rings. The van der Waals surface area contributed by atoms with Gasteiger partial charge in [-0.15, -0.1) is 0 Å². The number of H-pyrrole nitrogens is 2. The van der Waals surface area contributed by atoms with Gasteiger partial charge in [-0.25, -0.2) is 4.79 Å². The number of hydrogen-bond donors (Lipinski definition) is 3. The van der Waals surface area contributed by atoms with Gasteiger partial charge in [-0.1, -0.05) is 18.2 Å². The van der Waals surface area contributed by atoms with Crippen LogP contribution in [0.5, 0.6) is 0 Å². The number of carboxylic acid groups (broad SMARTS) is 1. The Labute approximate surface area is 102 Å². The van der Waals surface area contributed by atoms with Gasteiger partial charge in [0.15, 0.2) is 0 Å². The lowest BCUT2D eigenvalue weighted by Crippen LogP contribution is -1.99. The first-order valence-electron chi connectivity index (χ1n) is 5.53. The van der Waals surface area contributed by atoms with Crippen molar-refractivity contribution in [3.05, 3.63) is 41.7 Å². The highest BCUT2D eigenvalue weighted by Crippen LogP contribution is 2.30. The first-order chi connectivity index (χ1) is 8.68. The molecule has 90 valence electrons. The standard InChI is InChI=1S/C13H11N3O2/c1-7-11(13(17)18)12(16-15-7)9-6-14-10-5-3-2-4-8(9)10/h2-6,14H,1H3,(H,15,16)(H,17,18). The number of nitrogens with zero attached hydrogens (tertiary/aromatic N) is 1. The Hall–Kier alpha value is -2.56. The van der Waals surface area contributed by atoms with E-state index in [1.54, 1.807) is 13.1 Å². The lowest BCUT2D eigenvalue weighted by Gasteiger charge is -1.97. The van der Waals surface area contributed by atoms with Crippen LogP contribution in [0.15, 0.2) is 30.5 Å². The smallest absolute Gasteiger partial charge is 0.339 e. The largest absolute Gasteiger partial charge is 0.478 e. The van der Waals surface area contributed by atoms with E-state index in [9.17, 15) is 9.90 Å². The molecule has 2 aromatic heterocycles. The van der Waals surface area contributed by atoms with Crippen molar-refractivity contribution in [1.29, 1.82) is 0 Å². The van der Waals surface area contributed by atoms with Gasteiger partial charge in [0.1, 0.15) is 11.3 Å². The van der Waals surface area contributed by atoms with Gasteiger partial charge in [-0.3, -0.25) is 5.10 Å². The Morgan fingerprint density at radius 3 is 2.89 bits per heavy atom. The predicted molar refractivity (Wildman–Crippen MR) is 67.6 cm³/mol. The van der Waals surface area contributed by atoms with E-state index in [0.717, 1.165) is 16.5 Å². The number of para-hydroxylation sites is 1.